The number of benzene rings is 1. The van der Waals surface area contributed by atoms with Gasteiger partial charge in [0.2, 0.25) is 0 Å². The SMILES string of the molecule is Cc1nnc(CN=C(NCCN(C(C)C)C(C)C)NC(C)c2ccccc2)n1C.I. The van der Waals surface area contributed by atoms with E-state index >= 15 is 0 Å². The third-order valence-corrected chi connectivity index (χ3v) is 5.20. The summed E-state index contributed by atoms with van der Waals surface area (Å²) in [6.07, 6.45) is 0. The van der Waals surface area contributed by atoms with Crippen LogP contribution >= 0.6 is 24.0 Å². The molecular formula is C22H38IN7. The summed E-state index contributed by atoms with van der Waals surface area (Å²) in [7, 11) is 1.97. The number of aliphatic imine (C=N–C) groups is 1. The van der Waals surface area contributed by atoms with E-state index in [1.807, 2.05) is 24.6 Å². The highest BCUT2D eigenvalue weighted by molar-refractivity contribution is 14.0. The molecule has 168 valence electrons. The molecular weight excluding hydrogens is 489 g/mol. The number of rotatable bonds is 9. The lowest BCUT2D eigenvalue weighted by atomic mass is 10.1. The number of aromatic nitrogens is 3. The molecule has 1 atom stereocenters. The first kappa shape index (κ1) is 26.4. The number of halogens is 1. The summed E-state index contributed by atoms with van der Waals surface area (Å²) < 4.78 is 1.97. The lowest BCUT2D eigenvalue weighted by Crippen LogP contribution is -2.45. The van der Waals surface area contributed by atoms with Crippen LogP contribution in [0.25, 0.3) is 0 Å². The molecule has 0 saturated heterocycles. The highest BCUT2D eigenvalue weighted by atomic mass is 127. The van der Waals surface area contributed by atoms with Crippen LogP contribution in [0.3, 0.4) is 0 Å². The zero-order valence-electron chi connectivity index (χ0n) is 19.4. The van der Waals surface area contributed by atoms with Crippen molar-refractivity contribution >= 4 is 29.9 Å². The van der Waals surface area contributed by atoms with Crippen molar-refractivity contribution in [2.24, 2.45) is 12.0 Å². The maximum absolute atomic E-state index is 4.77. The van der Waals surface area contributed by atoms with E-state index in [1.54, 1.807) is 0 Å². The van der Waals surface area contributed by atoms with Crippen molar-refractivity contribution in [2.45, 2.75) is 66.2 Å². The lowest BCUT2D eigenvalue weighted by molar-refractivity contribution is 0.178. The largest absolute Gasteiger partial charge is 0.355 e. The third kappa shape index (κ3) is 7.86. The number of guanidine groups is 1. The Labute approximate surface area is 198 Å². The number of aryl methyl sites for hydroxylation is 1. The Bertz CT molecular complexity index is 763. The van der Waals surface area contributed by atoms with E-state index in [1.165, 1.54) is 5.56 Å². The molecule has 1 aromatic carbocycles. The van der Waals surface area contributed by atoms with Crippen LogP contribution in [0.1, 0.15) is 57.9 Å². The highest BCUT2D eigenvalue weighted by Gasteiger charge is 2.14. The van der Waals surface area contributed by atoms with E-state index in [9.17, 15) is 0 Å². The Morgan fingerprint density at radius 2 is 1.70 bits per heavy atom. The molecule has 1 aromatic heterocycles. The van der Waals surface area contributed by atoms with Crippen LogP contribution in [-0.4, -0.2) is 50.8 Å². The van der Waals surface area contributed by atoms with Gasteiger partial charge in [-0.3, -0.25) is 4.90 Å². The topological polar surface area (TPSA) is 70.4 Å². The summed E-state index contributed by atoms with van der Waals surface area (Å²) in [5, 5.41) is 15.4. The van der Waals surface area contributed by atoms with Crippen molar-refractivity contribution < 1.29 is 0 Å². The summed E-state index contributed by atoms with van der Waals surface area (Å²) in [6.45, 7) is 15.3. The molecule has 8 heteroatoms. The number of hydrogen-bond acceptors (Lipinski definition) is 4. The van der Waals surface area contributed by atoms with Crippen molar-refractivity contribution in [1.82, 2.24) is 30.3 Å². The Morgan fingerprint density at radius 1 is 1.07 bits per heavy atom. The first-order valence-electron chi connectivity index (χ1n) is 10.5. The summed E-state index contributed by atoms with van der Waals surface area (Å²) in [5.41, 5.74) is 1.22. The van der Waals surface area contributed by atoms with Gasteiger partial charge in [-0.2, -0.15) is 0 Å². The molecule has 2 aromatic rings. The second-order valence-corrected chi connectivity index (χ2v) is 8.02. The molecule has 0 radical (unpaired) electrons. The maximum Gasteiger partial charge on any atom is 0.192 e. The van der Waals surface area contributed by atoms with Crippen LogP contribution in [-0.2, 0) is 13.6 Å². The van der Waals surface area contributed by atoms with Crippen LogP contribution in [0, 0.1) is 6.92 Å². The smallest absolute Gasteiger partial charge is 0.192 e. The summed E-state index contributed by atoms with van der Waals surface area (Å²) in [6, 6.07) is 11.6. The van der Waals surface area contributed by atoms with Gasteiger partial charge in [-0.1, -0.05) is 30.3 Å². The zero-order chi connectivity index (χ0) is 21.4. The first-order valence-corrected chi connectivity index (χ1v) is 10.5. The van der Waals surface area contributed by atoms with Gasteiger partial charge in [0.15, 0.2) is 11.8 Å². The van der Waals surface area contributed by atoms with Gasteiger partial charge in [-0.25, -0.2) is 4.99 Å². The van der Waals surface area contributed by atoms with Gasteiger partial charge >= 0.3 is 0 Å². The number of nitrogens with one attached hydrogen (secondary N) is 2. The Kier molecular flexibility index (Phi) is 11.3. The van der Waals surface area contributed by atoms with E-state index in [0.29, 0.717) is 18.6 Å². The quantitative estimate of drug-likeness (QED) is 0.296. The fourth-order valence-corrected chi connectivity index (χ4v) is 3.34. The van der Waals surface area contributed by atoms with Crippen molar-refractivity contribution in [3.05, 3.63) is 47.5 Å². The summed E-state index contributed by atoms with van der Waals surface area (Å²) in [5.74, 6) is 2.52. The van der Waals surface area contributed by atoms with E-state index < -0.39 is 0 Å². The van der Waals surface area contributed by atoms with Crippen molar-refractivity contribution in [3.63, 3.8) is 0 Å². The monoisotopic (exact) mass is 527 g/mol. The van der Waals surface area contributed by atoms with Gasteiger partial charge in [0.25, 0.3) is 0 Å². The molecule has 0 aliphatic rings. The lowest BCUT2D eigenvalue weighted by Gasteiger charge is -2.30. The van der Waals surface area contributed by atoms with E-state index in [4.69, 9.17) is 4.99 Å². The van der Waals surface area contributed by atoms with Crippen LogP contribution < -0.4 is 10.6 Å². The molecule has 0 bridgehead atoms. The van der Waals surface area contributed by atoms with Crippen molar-refractivity contribution in [2.75, 3.05) is 13.1 Å². The molecule has 0 aliphatic carbocycles. The minimum absolute atomic E-state index is 0. The molecule has 30 heavy (non-hydrogen) atoms. The van der Waals surface area contributed by atoms with Gasteiger partial charge in [-0.15, -0.1) is 34.2 Å². The summed E-state index contributed by atoms with van der Waals surface area (Å²) >= 11 is 0. The van der Waals surface area contributed by atoms with Crippen molar-refractivity contribution in [1.29, 1.82) is 0 Å². The van der Waals surface area contributed by atoms with E-state index in [2.05, 4.69) is 84.6 Å². The standard InChI is InChI=1S/C22H37N7.HI/c1-16(2)29(17(3)4)14-13-23-22(24-15-21-27-26-19(6)28(21)7)25-18(5)20-11-9-8-10-12-20;/h8-12,16-18H,13-15H2,1-7H3,(H2,23,24,25);1H. The molecule has 0 spiro atoms. The fraction of sp³-hybridized carbons (Fsp3) is 0.591. The number of nitrogens with zero attached hydrogens (tertiary/aromatic N) is 5. The van der Waals surface area contributed by atoms with Gasteiger partial charge in [0.1, 0.15) is 12.4 Å². The Morgan fingerprint density at radius 3 is 2.23 bits per heavy atom. The second-order valence-electron chi connectivity index (χ2n) is 8.02. The van der Waals surface area contributed by atoms with Gasteiger partial charge < -0.3 is 15.2 Å². The van der Waals surface area contributed by atoms with Gasteiger partial charge in [-0.05, 0) is 47.1 Å². The molecule has 0 amide bonds. The molecule has 1 unspecified atom stereocenters. The normalized spacial score (nSPS) is 12.9. The number of hydrogen-bond donors (Lipinski definition) is 2. The minimum atomic E-state index is 0. The molecule has 0 saturated carbocycles. The van der Waals surface area contributed by atoms with Crippen LogP contribution in [0.5, 0.6) is 0 Å². The first-order chi connectivity index (χ1) is 13.8. The molecule has 2 rings (SSSR count). The van der Waals surface area contributed by atoms with Crippen LogP contribution in [0.2, 0.25) is 0 Å². The molecule has 2 N–H and O–H groups in total. The average Bonchev–Trinajstić information content (AvgIpc) is 3.01. The van der Waals surface area contributed by atoms with Crippen LogP contribution in [0.15, 0.2) is 35.3 Å². The Balaban J connectivity index is 0.00000450. The fourth-order valence-electron chi connectivity index (χ4n) is 3.34. The van der Waals surface area contributed by atoms with Gasteiger partial charge in [0, 0.05) is 32.2 Å². The molecule has 0 fully saturated rings. The maximum atomic E-state index is 4.77. The highest BCUT2D eigenvalue weighted by Crippen LogP contribution is 2.11. The summed E-state index contributed by atoms with van der Waals surface area (Å²) in [4.78, 5) is 7.24. The second kappa shape index (κ2) is 12.9. The molecule has 1 heterocycles. The third-order valence-electron chi connectivity index (χ3n) is 5.20. The molecule has 7 nitrogen and oxygen atoms in total. The predicted molar refractivity (Wildman–Crippen MR) is 135 cm³/mol. The van der Waals surface area contributed by atoms with Crippen LogP contribution in [0.4, 0.5) is 0 Å². The Hall–Kier alpha value is -1.68. The van der Waals surface area contributed by atoms with Crippen molar-refractivity contribution in [3.8, 4) is 0 Å². The van der Waals surface area contributed by atoms with E-state index in [0.717, 1.165) is 30.7 Å². The average molecular weight is 527 g/mol. The molecule has 0 aliphatic heterocycles. The zero-order valence-corrected chi connectivity index (χ0v) is 21.7. The minimum Gasteiger partial charge on any atom is -0.355 e. The van der Waals surface area contributed by atoms with Gasteiger partial charge in [0.05, 0.1) is 6.04 Å². The predicted octanol–water partition coefficient (Wildman–Crippen LogP) is 3.66. The van der Waals surface area contributed by atoms with E-state index in [-0.39, 0.29) is 30.0 Å².